The van der Waals surface area contributed by atoms with E-state index in [9.17, 15) is 4.79 Å². The Morgan fingerprint density at radius 3 is 2.50 bits per heavy atom. The van der Waals surface area contributed by atoms with Gasteiger partial charge < -0.3 is 4.90 Å². The lowest BCUT2D eigenvalue weighted by molar-refractivity contribution is 0.437. The summed E-state index contributed by atoms with van der Waals surface area (Å²) in [5.41, 5.74) is 2.76. The minimum absolute atomic E-state index is 0.0168. The third kappa shape index (κ3) is 3.52. The van der Waals surface area contributed by atoms with Crippen LogP contribution in [0.1, 0.15) is 5.56 Å². The third-order valence-electron chi connectivity index (χ3n) is 3.81. The zero-order valence-electron chi connectivity index (χ0n) is 14.2. The van der Waals surface area contributed by atoms with Gasteiger partial charge in [-0.25, -0.2) is 4.98 Å². The fourth-order valence-electron chi connectivity index (χ4n) is 2.45. The van der Waals surface area contributed by atoms with Crippen molar-refractivity contribution in [3.63, 3.8) is 0 Å². The van der Waals surface area contributed by atoms with Crippen LogP contribution in [-0.4, -0.2) is 40.8 Å². The van der Waals surface area contributed by atoms with Crippen LogP contribution in [0.2, 0.25) is 0 Å². The Morgan fingerprint density at radius 1 is 1.08 bits per heavy atom. The summed E-state index contributed by atoms with van der Waals surface area (Å²) in [6.07, 6.45) is 0. The number of benzene rings is 2. The van der Waals surface area contributed by atoms with Crippen LogP contribution in [0.5, 0.6) is 0 Å². The van der Waals surface area contributed by atoms with Crippen LogP contribution < -0.4 is 5.56 Å². The second-order valence-corrected chi connectivity index (χ2v) is 7.10. The molecule has 0 fully saturated rings. The number of rotatable bonds is 5. The molecule has 24 heavy (non-hydrogen) atoms. The van der Waals surface area contributed by atoms with Crippen LogP contribution in [0.15, 0.2) is 58.5 Å². The Balaban J connectivity index is 2.14. The van der Waals surface area contributed by atoms with Gasteiger partial charge in [0.05, 0.1) is 16.6 Å². The highest BCUT2D eigenvalue weighted by Gasteiger charge is 2.13. The molecule has 0 aliphatic rings. The van der Waals surface area contributed by atoms with Crippen molar-refractivity contribution in [1.82, 2.24) is 14.5 Å². The summed E-state index contributed by atoms with van der Waals surface area (Å²) in [7, 11) is 4.09. The van der Waals surface area contributed by atoms with Gasteiger partial charge in [0.2, 0.25) is 0 Å². The largest absolute Gasteiger partial charge is 0.309 e. The van der Waals surface area contributed by atoms with Gasteiger partial charge in [-0.3, -0.25) is 9.36 Å². The highest BCUT2D eigenvalue weighted by atomic mass is 32.2. The lowest BCUT2D eigenvalue weighted by Gasteiger charge is -2.14. The molecule has 2 aromatic carbocycles. The number of aryl methyl sites for hydroxylation is 1. The van der Waals surface area contributed by atoms with E-state index in [4.69, 9.17) is 4.98 Å². The molecule has 0 saturated carbocycles. The summed E-state index contributed by atoms with van der Waals surface area (Å²) < 4.78 is 1.72. The smallest absolute Gasteiger partial charge is 0.266 e. The first-order valence-corrected chi connectivity index (χ1v) is 8.91. The van der Waals surface area contributed by atoms with Crippen LogP contribution in [0.4, 0.5) is 0 Å². The molecule has 0 bridgehead atoms. The number of aromatic nitrogens is 2. The van der Waals surface area contributed by atoms with Gasteiger partial charge in [0.15, 0.2) is 5.16 Å². The van der Waals surface area contributed by atoms with Gasteiger partial charge in [0.1, 0.15) is 0 Å². The topological polar surface area (TPSA) is 38.1 Å². The van der Waals surface area contributed by atoms with Gasteiger partial charge in [-0.2, -0.15) is 0 Å². The normalized spacial score (nSPS) is 11.3. The van der Waals surface area contributed by atoms with E-state index >= 15 is 0 Å². The number of para-hydroxylation sites is 1. The van der Waals surface area contributed by atoms with E-state index in [1.165, 1.54) is 5.56 Å². The van der Waals surface area contributed by atoms with Gasteiger partial charge in [-0.05, 0) is 45.3 Å². The van der Waals surface area contributed by atoms with E-state index in [0.29, 0.717) is 5.39 Å². The third-order valence-corrected chi connectivity index (χ3v) is 4.73. The molecule has 0 unspecified atom stereocenters. The lowest BCUT2D eigenvalue weighted by atomic mass is 10.2. The summed E-state index contributed by atoms with van der Waals surface area (Å²) in [6.45, 7) is 2.97. The molecule has 0 saturated heterocycles. The SMILES string of the molecule is Cc1ccc(-n2c(SCCN(C)C)nc3ccccc3c2=O)cc1. The number of hydrogen-bond acceptors (Lipinski definition) is 4. The van der Waals surface area contributed by atoms with Crippen molar-refractivity contribution < 1.29 is 0 Å². The van der Waals surface area contributed by atoms with Gasteiger partial charge in [0, 0.05) is 12.3 Å². The second kappa shape index (κ2) is 7.20. The first-order chi connectivity index (χ1) is 11.6. The summed E-state index contributed by atoms with van der Waals surface area (Å²) in [4.78, 5) is 19.9. The van der Waals surface area contributed by atoms with Crippen LogP contribution in [0.25, 0.3) is 16.6 Å². The van der Waals surface area contributed by atoms with Crippen molar-refractivity contribution in [2.45, 2.75) is 12.1 Å². The zero-order valence-corrected chi connectivity index (χ0v) is 15.0. The van der Waals surface area contributed by atoms with E-state index in [2.05, 4.69) is 4.90 Å². The second-order valence-electron chi connectivity index (χ2n) is 6.04. The summed E-state index contributed by atoms with van der Waals surface area (Å²) in [5, 5.41) is 1.39. The molecule has 3 rings (SSSR count). The molecule has 124 valence electrons. The maximum absolute atomic E-state index is 13.0. The molecule has 0 aliphatic heterocycles. The quantitative estimate of drug-likeness (QED) is 0.528. The average molecular weight is 339 g/mol. The molecule has 0 N–H and O–H groups in total. The number of fused-ring (bicyclic) bond motifs is 1. The van der Waals surface area contributed by atoms with Crippen LogP contribution >= 0.6 is 11.8 Å². The fraction of sp³-hybridized carbons (Fsp3) is 0.263. The molecule has 3 aromatic rings. The van der Waals surface area contributed by atoms with Crippen molar-refractivity contribution >= 4 is 22.7 Å². The number of nitrogens with zero attached hydrogens (tertiary/aromatic N) is 3. The average Bonchev–Trinajstić information content (AvgIpc) is 2.56. The predicted molar refractivity (Wildman–Crippen MR) is 101 cm³/mol. The summed E-state index contributed by atoms with van der Waals surface area (Å²) in [5.74, 6) is 0.879. The Hall–Kier alpha value is -2.11. The Kier molecular flexibility index (Phi) is 5.02. The van der Waals surface area contributed by atoms with Crippen molar-refractivity contribution in [1.29, 1.82) is 0 Å². The van der Waals surface area contributed by atoms with Crippen molar-refractivity contribution in [2.75, 3.05) is 26.4 Å². The van der Waals surface area contributed by atoms with Crippen molar-refractivity contribution in [3.8, 4) is 5.69 Å². The highest BCUT2D eigenvalue weighted by molar-refractivity contribution is 7.99. The van der Waals surface area contributed by atoms with Gasteiger partial charge in [-0.15, -0.1) is 0 Å². The van der Waals surface area contributed by atoms with Crippen molar-refractivity contribution in [3.05, 3.63) is 64.4 Å². The van der Waals surface area contributed by atoms with Gasteiger partial charge in [-0.1, -0.05) is 41.6 Å². The summed E-state index contributed by atoms with van der Waals surface area (Å²) in [6, 6.07) is 15.5. The lowest BCUT2D eigenvalue weighted by Crippen LogP contribution is -2.22. The molecule has 0 spiro atoms. The maximum Gasteiger partial charge on any atom is 0.266 e. The molecule has 1 heterocycles. The standard InChI is InChI=1S/C19H21N3OS/c1-14-8-10-15(11-9-14)22-18(23)16-6-4-5-7-17(16)20-19(22)24-13-12-21(2)3/h4-11H,12-13H2,1-3H3. The minimum Gasteiger partial charge on any atom is -0.309 e. The summed E-state index contributed by atoms with van der Waals surface area (Å²) >= 11 is 1.61. The highest BCUT2D eigenvalue weighted by Crippen LogP contribution is 2.21. The van der Waals surface area contributed by atoms with Gasteiger partial charge >= 0.3 is 0 Å². The minimum atomic E-state index is -0.0168. The molecule has 4 nitrogen and oxygen atoms in total. The Labute approximate surface area is 146 Å². The van der Waals surface area contributed by atoms with Crippen LogP contribution in [0, 0.1) is 6.92 Å². The molecule has 5 heteroatoms. The van der Waals surface area contributed by atoms with E-state index in [1.807, 2.05) is 69.6 Å². The first-order valence-electron chi connectivity index (χ1n) is 7.92. The molecule has 0 atom stereocenters. The molecule has 0 aliphatic carbocycles. The predicted octanol–water partition coefficient (Wildman–Crippen LogP) is 3.35. The zero-order chi connectivity index (χ0) is 17.1. The maximum atomic E-state index is 13.0. The van der Waals surface area contributed by atoms with E-state index in [0.717, 1.165) is 28.7 Å². The number of thioether (sulfide) groups is 1. The molecular formula is C19H21N3OS. The van der Waals surface area contributed by atoms with Crippen LogP contribution in [0.3, 0.4) is 0 Å². The van der Waals surface area contributed by atoms with Gasteiger partial charge in [0.25, 0.3) is 5.56 Å². The molecule has 0 radical (unpaired) electrons. The Bertz CT molecular complexity index is 901. The fourth-order valence-corrected chi connectivity index (χ4v) is 3.57. The van der Waals surface area contributed by atoms with Crippen LogP contribution in [-0.2, 0) is 0 Å². The molecular weight excluding hydrogens is 318 g/mol. The monoisotopic (exact) mass is 339 g/mol. The number of hydrogen-bond donors (Lipinski definition) is 0. The molecule has 1 aromatic heterocycles. The Morgan fingerprint density at radius 2 is 1.79 bits per heavy atom. The van der Waals surface area contributed by atoms with E-state index in [1.54, 1.807) is 16.3 Å². The van der Waals surface area contributed by atoms with E-state index in [-0.39, 0.29) is 5.56 Å². The van der Waals surface area contributed by atoms with E-state index < -0.39 is 0 Å². The first kappa shape index (κ1) is 16.7. The molecule has 0 amide bonds. The van der Waals surface area contributed by atoms with Crippen molar-refractivity contribution in [2.24, 2.45) is 0 Å².